The third-order valence-corrected chi connectivity index (χ3v) is 4.86. The molecular formula is C21H22F2N6. The minimum atomic E-state index is -0.683. The Morgan fingerprint density at radius 1 is 0.862 bits per heavy atom. The van der Waals surface area contributed by atoms with Gasteiger partial charge in [0, 0.05) is 43.8 Å². The van der Waals surface area contributed by atoms with Gasteiger partial charge in [-0.3, -0.25) is 0 Å². The molecular weight excluding hydrogens is 374 g/mol. The van der Waals surface area contributed by atoms with Crippen molar-refractivity contribution in [2.45, 2.75) is 0 Å². The number of nitrogens with zero attached hydrogens (tertiary/aromatic N) is 4. The molecule has 0 amide bonds. The van der Waals surface area contributed by atoms with Gasteiger partial charge in [-0.2, -0.15) is 4.98 Å². The number of nitrogens with one attached hydrogen (secondary N) is 2. The van der Waals surface area contributed by atoms with Crippen molar-refractivity contribution in [3.8, 4) is 0 Å². The highest BCUT2D eigenvalue weighted by Gasteiger charge is 2.14. The van der Waals surface area contributed by atoms with E-state index in [0.29, 0.717) is 11.8 Å². The second-order valence-electron chi connectivity index (χ2n) is 6.95. The van der Waals surface area contributed by atoms with E-state index in [2.05, 4.69) is 49.6 Å². The third kappa shape index (κ3) is 4.60. The maximum absolute atomic E-state index is 13.8. The Kier molecular flexibility index (Phi) is 5.53. The highest BCUT2D eigenvalue weighted by molar-refractivity contribution is 5.62. The molecule has 0 radical (unpaired) electrons. The molecule has 0 bridgehead atoms. The summed E-state index contributed by atoms with van der Waals surface area (Å²) in [6, 6.07) is 13.3. The van der Waals surface area contributed by atoms with E-state index in [1.807, 2.05) is 12.1 Å². The number of piperazine rings is 1. The summed E-state index contributed by atoms with van der Waals surface area (Å²) in [6.45, 7) is 4.12. The standard InChI is InChI=1S/C21H22F2N6/c1-28-11-13-29(14-12-28)16-7-5-15(6-8-16)25-21-24-10-9-19(27-21)26-20-17(22)3-2-4-18(20)23/h2-10H,11-14H2,1H3,(H2,24,25,26,27). The second kappa shape index (κ2) is 8.40. The van der Waals surface area contributed by atoms with Crippen LogP contribution in [0.3, 0.4) is 0 Å². The van der Waals surface area contributed by atoms with Gasteiger partial charge in [0.05, 0.1) is 0 Å². The van der Waals surface area contributed by atoms with Crippen molar-refractivity contribution in [3.05, 3.63) is 66.4 Å². The summed E-state index contributed by atoms with van der Waals surface area (Å²) in [5.41, 5.74) is 1.76. The minimum Gasteiger partial charge on any atom is -0.369 e. The Balaban J connectivity index is 1.44. The molecule has 1 aromatic heterocycles. The molecule has 29 heavy (non-hydrogen) atoms. The SMILES string of the molecule is CN1CCN(c2ccc(Nc3nccc(Nc4c(F)cccc4F)n3)cc2)CC1. The lowest BCUT2D eigenvalue weighted by molar-refractivity contribution is 0.313. The number of aromatic nitrogens is 2. The van der Waals surface area contributed by atoms with Gasteiger partial charge in [-0.15, -0.1) is 0 Å². The van der Waals surface area contributed by atoms with Crippen molar-refractivity contribution >= 4 is 28.8 Å². The van der Waals surface area contributed by atoms with Crippen LogP contribution >= 0.6 is 0 Å². The predicted octanol–water partition coefficient (Wildman–Crippen LogP) is 3.99. The van der Waals surface area contributed by atoms with Gasteiger partial charge in [0.1, 0.15) is 23.1 Å². The quantitative estimate of drug-likeness (QED) is 0.680. The highest BCUT2D eigenvalue weighted by Crippen LogP contribution is 2.24. The van der Waals surface area contributed by atoms with Crippen LogP contribution < -0.4 is 15.5 Å². The van der Waals surface area contributed by atoms with Crippen molar-refractivity contribution in [3.63, 3.8) is 0 Å². The van der Waals surface area contributed by atoms with Crippen LogP contribution in [0.5, 0.6) is 0 Å². The molecule has 0 atom stereocenters. The smallest absolute Gasteiger partial charge is 0.229 e. The Labute approximate surface area is 168 Å². The predicted molar refractivity (Wildman–Crippen MR) is 111 cm³/mol. The number of anilines is 5. The average Bonchev–Trinajstić information content (AvgIpc) is 2.72. The molecule has 8 heteroatoms. The fraction of sp³-hybridized carbons (Fsp3) is 0.238. The van der Waals surface area contributed by atoms with E-state index in [4.69, 9.17) is 0 Å². The zero-order chi connectivity index (χ0) is 20.2. The summed E-state index contributed by atoms with van der Waals surface area (Å²) >= 11 is 0. The van der Waals surface area contributed by atoms with Gasteiger partial charge in [-0.05, 0) is 49.5 Å². The minimum absolute atomic E-state index is 0.242. The number of para-hydroxylation sites is 1. The first-order valence-corrected chi connectivity index (χ1v) is 9.43. The first-order chi connectivity index (χ1) is 14.1. The molecule has 3 aromatic rings. The number of hydrogen-bond acceptors (Lipinski definition) is 6. The first kappa shape index (κ1) is 19.1. The summed E-state index contributed by atoms with van der Waals surface area (Å²) in [5.74, 6) is -0.741. The van der Waals surface area contributed by atoms with Crippen LogP contribution in [0.1, 0.15) is 0 Å². The number of halogens is 2. The molecule has 2 aromatic carbocycles. The molecule has 6 nitrogen and oxygen atoms in total. The molecule has 2 heterocycles. The molecule has 1 aliphatic rings. The van der Waals surface area contributed by atoms with E-state index in [9.17, 15) is 8.78 Å². The van der Waals surface area contributed by atoms with Gasteiger partial charge < -0.3 is 20.4 Å². The van der Waals surface area contributed by atoms with E-state index >= 15 is 0 Å². The molecule has 2 N–H and O–H groups in total. The topological polar surface area (TPSA) is 56.3 Å². The Hall–Kier alpha value is -3.26. The van der Waals surface area contributed by atoms with E-state index in [0.717, 1.165) is 31.9 Å². The zero-order valence-corrected chi connectivity index (χ0v) is 16.1. The molecule has 0 unspecified atom stereocenters. The number of likely N-dealkylation sites (N-methyl/N-ethyl adjacent to an activating group) is 1. The first-order valence-electron chi connectivity index (χ1n) is 9.43. The number of rotatable bonds is 5. The van der Waals surface area contributed by atoms with Crippen molar-refractivity contribution in [1.29, 1.82) is 0 Å². The lowest BCUT2D eigenvalue weighted by Crippen LogP contribution is -2.44. The fourth-order valence-corrected chi connectivity index (χ4v) is 3.18. The van der Waals surface area contributed by atoms with Crippen molar-refractivity contribution in [1.82, 2.24) is 14.9 Å². The van der Waals surface area contributed by atoms with Crippen molar-refractivity contribution in [2.24, 2.45) is 0 Å². The summed E-state index contributed by atoms with van der Waals surface area (Å²) < 4.78 is 27.7. The van der Waals surface area contributed by atoms with Crippen LogP contribution in [0.2, 0.25) is 0 Å². The van der Waals surface area contributed by atoms with Crippen LogP contribution in [0.25, 0.3) is 0 Å². The van der Waals surface area contributed by atoms with Gasteiger partial charge in [-0.1, -0.05) is 6.07 Å². The lowest BCUT2D eigenvalue weighted by Gasteiger charge is -2.34. The molecule has 0 saturated carbocycles. The fourth-order valence-electron chi connectivity index (χ4n) is 3.18. The van der Waals surface area contributed by atoms with Crippen LogP contribution in [-0.4, -0.2) is 48.1 Å². The second-order valence-corrected chi connectivity index (χ2v) is 6.95. The maximum atomic E-state index is 13.8. The maximum Gasteiger partial charge on any atom is 0.229 e. The van der Waals surface area contributed by atoms with E-state index in [1.165, 1.54) is 30.1 Å². The van der Waals surface area contributed by atoms with Gasteiger partial charge in [0.25, 0.3) is 0 Å². The van der Waals surface area contributed by atoms with E-state index in [-0.39, 0.29) is 5.69 Å². The summed E-state index contributed by atoms with van der Waals surface area (Å²) in [6.07, 6.45) is 1.52. The number of benzene rings is 2. The molecule has 1 saturated heterocycles. The van der Waals surface area contributed by atoms with E-state index < -0.39 is 11.6 Å². The summed E-state index contributed by atoms with van der Waals surface area (Å²) in [5, 5.41) is 5.79. The van der Waals surface area contributed by atoms with Crippen molar-refractivity contribution < 1.29 is 8.78 Å². The number of hydrogen-bond donors (Lipinski definition) is 2. The Bertz CT molecular complexity index is 951. The molecule has 1 fully saturated rings. The average molecular weight is 396 g/mol. The Morgan fingerprint density at radius 2 is 1.55 bits per heavy atom. The van der Waals surface area contributed by atoms with Gasteiger partial charge in [0.2, 0.25) is 5.95 Å². The van der Waals surface area contributed by atoms with Gasteiger partial charge in [0.15, 0.2) is 0 Å². The highest BCUT2D eigenvalue weighted by atomic mass is 19.1. The monoisotopic (exact) mass is 396 g/mol. The van der Waals surface area contributed by atoms with Gasteiger partial charge >= 0.3 is 0 Å². The summed E-state index contributed by atoms with van der Waals surface area (Å²) in [4.78, 5) is 13.1. The largest absolute Gasteiger partial charge is 0.369 e. The normalized spacial score (nSPS) is 14.7. The van der Waals surface area contributed by atoms with Crippen molar-refractivity contribution in [2.75, 3.05) is 48.8 Å². The third-order valence-electron chi connectivity index (χ3n) is 4.86. The molecule has 4 rings (SSSR count). The van der Waals surface area contributed by atoms with Crippen LogP contribution in [0, 0.1) is 11.6 Å². The van der Waals surface area contributed by atoms with Crippen LogP contribution in [0.15, 0.2) is 54.7 Å². The molecule has 0 spiro atoms. The lowest BCUT2D eigenvalue weighted by atomic mass is 10.2. The van der Waals surface area contributed by atoms with Crippen LogP contribution in [-0.2, 0) is 0 Å². The zero-order valence-electron chi connectivity index (χ0n) is 16.1. The molecule has 150 valence electrons. The van der Waals surface area contributed by atoms with Crippen LogP contribution in [0.4, 0.5) is 37.6 Å². The summed E-state index contributed by atoms with van der Waals surface area (Å²) in [7, 11) is 2.13. The molecule has 1 aliphatic heterocycles. The molecule has 0 aliphatic carbocycles. The van der Waals surface area contributed by atoms with Gasteiger partial charge in [-0.25, -0.2) is 13.8 Å². The van der Waals surface area contributed by atoms with E-state index in [1.54, 1.807) is 6.07 Å². The Morgan fingerprint density at radius 3 is 2.24 bits per heavy atom.